The van der Waals surface area contributed by atoms with Crippen LogP contribution in [0.25, 0.3) is 75.2 Å². The standard InChI is InChI=1S/C72H46BN5S/c1-6-23-47(24-7-1)74(60-38-22-39-61-67(60)53-33-16-19-36-58(53)75(61)48-25-8-2-9-26-48)52-45-63-70-64(46-52)78(51-31-14-5-15-32-51)72-57(42-44-66-69(72)55-35-18-21-40-65(55)79-66)73(70)56-41-43-62-68(71(56)77(63)50-29-12-4-13-30-50)54-34-17-20-37-59(54)76(62)49-27-10-3-11-28-49/h1-46H. The van der Waals surface area contributed by atoms with E-state index in [0.717, 1.165) is 62.2 Å². The fourth-order valence-electron chi connectivity index (χ4n) is 13.5. The van der Waals surface area contributed by atoms with Crippen LogP contribution in [0.5, 0.6) is 0 Å². The van der Waals surface area contributed by atoms with Gasteiger partial charge in [0.1, 0.15) is 0 Å². The van der Waals surface area contributed by atoms with Crippen molar-refractivity contribution in [1.29, 1.82) is 0 Å². The molecule has 0 aliphatic carbocycles. The van der Waals surface area contributed by atoms with Gasteiger partial charge in [0.15, 0.2) is 0 Å². The molecule has 79 heavy (non-hydrogen) atoms. The second kappa shape index (κ2) is 17.2. The summed E-state index contributed by atoms with van der Waals surface area (Å²) in [5.41, 5.74) is 20.9. The normalized spacial score (nSPS) is 12.7. The predicted molar refractivity (Wildman–Crippen MR) is 337 cm³/mol. The van der Waals surface area contributed by atoms with Gasteiger partial charge in [0.2, 0.25) is 0 Å². The summed E-state index contributed by atoms with van der Waals surface area (Å²) < 4.78 is 7.44. The van der Waals surface area contributed by atoms with Gasteiger partial charge < -0.3 is 23.8 Å². The lowest BCUT2D eigenvalue weighted by atomic mass is 9.33. The largest absolute Gasteiger partial charge is 0.311 e. The molecule has 0 saturated carbocycles. The summed E-state index contributed by atoms with van der Waals surface area (Å²) in [6.07, 6.45) is 0. The first-order chi connectivity index (χ1) is 39.3. The van der Waals surface area contributed by atoms with Crippen molar-refractivity contribution in [2.45, 2.75) is 0 Å². The lowest BCUT2D eigenvalue weighted by molar-refractivity contribution is 1.18. The van der Waals surface area contributed by atoms with Crippen LogP contribution in [0.2, 0.25) is 0 Å². The molecule has 0 saturated heterocycles. The molecule has 5 heterocycles. The SMILES string of the molecule is c1ccc(N2c3cc(N(c4ccccc4)c4cccc5c4c4ccccc4n5-c4ccccc4)cc4c3B(c3ccc5sc6ccccc6c5c32)c2ccc3c(c2N4c2ccccc2)c2ccccc2n3-c2ccccc2)cc1. The molecule has 5 nitrogen and oxygen atoms in total. The van der Waals surface area contributed by atoms with Gasteiger partial charge in [0.05, 0.1) is 44.8 Å². The van der Waals surface area contributed by atoms with Crippen LogP contribution in [-0.4, -0.2) is 15.8 Å². The van der Waals surface area contributed by atoms with Gasteiger partial charge >= 0.3 is 0 Å². The molecule has 0 spiro atoms. The lowest BCUT2D eigenvalue weighted by Crippen LogP contribution is -2.61. The summed E-state index contributed by atoms with van der Waals surface area (Å²) >= 11 is 1.88. The number of benzene rings is 12. The monoisotopic (exact) mass is 1020 g/mol. The van der Waals surface area contributed by atoms with Crippen molar-refractivity contribution in [3.8, 4) is 11.4 Å². The topological polar surface area (TPSA) is 19.6 Å². The van der Waals surface area contributed by atoms with E-state index in [1.807, 2.05) is 11.3 Å². The summed E-state index contributed by atoms with van der Waals surface area (Å²) in [7, 11) is 0. The van der Waals surface area contributed by atoms with E-state index in [0.29, 0.717) is 0 Å². The number of nitrogens with zero attached hydrogens (tertiary/aromatic N) is 5. The van der Waals surface area contributed by atoms with Gasteiger partial charge in [0, 0.05) is 81.5 Å². The quantitative estimate of drug-likeness (QED) is 0.148. The van der Waals surface area contributed by atoms with Crippen LogP contribution in [0.15, 0.2) is 279 Å². The summed E-state index contributed by atoms with van der Waals surface area (Å²) in [5.74, 6) is 0. The molecule has 2 aliphatic heterocycles. The van der Waals surface area contributed by atoms with Gasteiger partial charge in [-0.3, -0.25) is 0 Å². The first kappa shape index (κ1) is 44.1. The van der Waals surface area contributed by atoms with Crippen LogP contribution in [0.1, 0.15) is 0 Å². The van der Waals surface area contributed by atoms with Crippen molar-refractivity contribution in [1.82, 2.24) is 9.13 Å². The van der Waals surface area contributed by atoms with Gasteiger partial charge in [-0.15, -0.1) is 11.3 Å². The van der Waals surface area contributed by atoms with Crippen molar-refractivity contribution in [2.75, 3.05) is 14.7 Å². The zero-order valence-corrected chi connectivity index (χ0v) is 43.6. The maximum absolute atomic E-state index is 2.61. The van der Waals surface area contributed by atoms with E-state index in [1.165, 1.54) is 80.5 Å². The molecule has 2 aliphatic rings. The smallest absolute Gasteiger partial charge is 0.252 e. The maximum atomic E-state index is 2.61. The number of thiophene rings is 1. The number of anilines is 9. The Bertz CT molecular complexity index is 4920. The van der Waals surface area contributed by atoms with E-state index in [-0.39, 0.29) is 6.71 Å². The molecule has 15 aromatic rings. The Morgan fingerprint density at radius 1 is 0.316 bits per heavy atom. The Morgan fingerprint density at radius 3 is 1.37 bits per heavy atom. The number of para-hydroxylation sites is 7. The molecule has 3 aromatic heterocycles. The number of hydrogen-bond donors (Lipinski definition) is 0. The number of rotatable bonds is 7. The average Bonchev–Trinajstić information content (AvgIpc) is 4.41. The lowest BCUT2D eigenvalue weighted by Gasteiger charge is -2.45. The fraction of sp³-hybridized carbons (Fsp3) is 0. The van der Waals surface area contributed by atoms with Crippen LogP contribution in [0, 0.1) is 0 Å². The number of aromatic nitrogens is 2. The van der Waals surface area contributed by atoms with Gasteiger partial charge in [-0.05, 0) is 132 Å². The molecular formula is C72H46BN5S. The minimum absolute atomic E-state index is 0.132. The highest BCUT2D eigenvalue weighted by Crippen LogP contribution is 2.54. The van der Waals surface area contributed by atoms with E-state index < -0.39 is 0 Å². The summed E-state index contributed by atoms with van der Waals surface area (Å²) in [6, 6.07) is 103. The van der Waals surface area contributed by atoms with Crippen LogP contribution in [0.3, 0.4) is 0 Å². The Labute approximate surface area is 461 Å². The Balaban J connectivity index is 1.05. The molecule has 0 amide bonds. The van der Waals surface area contributed by atoms with Gasteiger partial charge in [-0.25, -0.2) is 0 Å². The molecule has 7 heteroatoms. The van der Waals surface area contributed by atoms with Crippen LogP contribution < -0.4 is 31.1 Å². The zero-order chi connectivity index (χ0) is 51.7. The highest BCUT2D eigenvalue weighted by atomic mass is 32.1. The van der Waals surface area contributed by atoms with E-state index in [2.05, 4.69) is 303 Å². The summed E-state index contributed by atoms with van der Waals surface area (Å²) in [5, 5.41) is 7.38. The first-order valence-corrected chi connectivity index (χ1v) is 28.0. The van der Waals surface area contributed by atoms with Crippen LogP contribution >= 0.6 is 11.3 Å². The van der Waals surface area contributed by atoms with E-state index in [4.69, 9.17) is 0 Å². The molecule has 17 rings (SSSR count). The minimum atomic E-state index is -0.132. The molecule has 0 fully saturated rings. The Morgan fingerprint density at radius 2 is 0.772 bits per heavy atom. The predicted octanol–water partition coefficient (Wildman–Crippen LogP) is 17.8. The van der Waals surface area contributed by atoms with Crippen LogP contribution in [-0.2, 0) is 0 Å². The van der Waals surface area contributed by atoms with Crippen molar-refractivity contribution >= 4 is 149 Å². The highest BCUT2D eigenvalue weighted by molar-refractivity contribution is 7.26. The van der Waals surface area contributed by atoms with Gasteiger partial charge in [-0.1, -0.05) is 164 Å². The molecule has 0 atom stereocenters. The van der Waals surface area contributed by atoms with Gasteiger partial charge in [-0.2, -0.15) is 0 Å². The Kier molecular flexibility index (Phi) is 9.61. The minimum Gasteiger partial charge on any atom is -0.311 e. The van der Waals surface area contributed by atoms with Crippen molar-refractivity contribution < 1.29 is 0 Å². The third-order valence-corrected chi connectivity index (χ3v) is 17.7. The second-order valence-electron chi connectivity index (χ2n) is 20.8. The molecular weight excluding hydrogens is 978 g/mol. The summed E-state index contributed by atoms with van der Waals surface area (Å²) in [6.45, 7) is -0.132. The Hall–Kier alpha value is -10.1. The maximum Gasteiger partial charge on any atom is 0.252 e. The number of hydrogen-bond acceptors (Lipinski definition) is 4. The molecule has 0 N–H and O–H groups in total. The van der Waals surface area contributed by atoms with Crippen LogP contribution in [0.4, 0.5) is 51.2 Å². The summed E-state index contributed by atoms with van der Waals surface area (Å²) in [4.78, 5) is 7.74. The number of fused-ring (bicyclic) bond motifs is 15. The van der Waals surface area contributed by atoms with E-state index >= 15 is 0 Å². The molecule has 0 radical (unpaired) electrons. The first-order valence-electron chi connectivity index (χ1n) is 27.1. The molecule has 0 unspecified atom stereocenters. The molecule has 12 aromatic carbocycles. The third kappa shape index (κ3) is 6.39. The van der Waals surface area contributed by atoms with Gasteiger partial charge in [0.25, 0.3) is 6.71 Å². The highest BCUT2D eigenvalue weighted by Gasteiger charge is 2.46. The van der Waals surface area contributed by atoms with Crippen molar-refractivity contribution in [3.05, 3.63) is 279 Å². The molecule has 368 valence electrons. The van der Waals surface area contributed by atoms with Crippen molar-refractivity contribution in [3.63, 3.8) is 0 Å². The van der Waals surface area contributed by atoms with E-state index in [1.54, 1.807) is 0 Å². The average molecular weight is 1020 g/mol. The fourth-order valence-corrected chi connectivity index (χ4v) is 14.6. The third-order valence-electron chi connectivity index (χ3n) is 16.6. The van der Waals surface area contributed by atoms with E-state index in [9.17, 15) is 0 Å². The second-order valence-corrected chi connectivity index (χ2v) is 21.8. The molecule has 0 bridgehead atoms. The zero-order valence-electron chi connectivity index (χ0n) is 42.8. The van der Waals surface area contributed by atoms with Crippen molar-refractivity contribution in [2.24, 2.45) is 0 Å².